The van der Waals surface area contributed by atoms with Crippen LogP contribution >= 0.6 is 0 Å². The highest BCUT2D eigenvalue weighted by atomic mass is 16.5. The number of hydrogen-bond donors (Lipinski definition) is 1. The van der Waals surface area contributed by atoms with E-state index in [1.54, 1.807) is 0 Å². The summed E-state index contributed by atoms with van der Waals surface area (Å²) in [6, 6.07) is 8.96. The zero-order valence-corrected chi connectivity index (χ0v) is 11.6. The molecule has 3 nitrogen and oxygen atoms in total. The number of ether oxygens (including phenoxy) is 1. The van der Waals surface area contributed by atoms with E-state index < -0.39 is 0 Å². The Kier molecular flexibility index (Phi) is 3.76. The van der Waals surface area contributed by atoms with Crippen molar-refractivity contribution in [2.24, 2.45) is 0 Å². The predicted octanol–water partition coefficient (Wildman–Crippen LogP) is 2.89. The molecule has 19 heavy (non-hydrogen) atoms. The summed E-state index contributed by atoms with van der Waals surface area (Å²) in [6.07, 6.45) is 4.57. The highest BCUT2D eigenvalue weighted by Crippen LogP contribution is 2.33. The van der Waals surface area contributed by atoms with Crippen molar-refractivity contribution in [2.45, 2.75) is 50.9 Å². The molecule has 3 heteroatoms. The second-order valence-electron chi connectivity index (χ2n) is 5.62. The van der Waals surface area contributed by atoms with E-state index >= 15 is 0 Å². The fourth-order valence-corrected chi connectivity index (χ4v) is 3.37. The van der Waals surface area contributed by atoms with Crippen molar-refractivity contribution in [3.8, 4) is 0 Å². The summed E-state index contributed by atoms with van der Waals surface area (Å²) < 4.78 is 5.85. The number of morpholine rings is 1. The maximum Gasteiger partial charge on any atom is 0.0787 e. The van der Waals surface area contributed by atoms with Crippen molar-refractivity contribution in [1.29, 1.82) is 0 Å². The smallest absolute Gasteiger partial charge is 0.0787 e. The standard InChI is InChI=1S/C16H23NO2/c1-2-15(18)12-6-8-13(9-7-12)17-10-11-19-16-5-3-4-14(16)17/h6-9,14-16,18H,2-5,10-11H2,1H3/t14?,15-,16?/m0/s1. The molecule has 3 rings (SSSR count). The molecule has 1 aliphatic carbocycles. The van der Waals surface area contributed by atoms with E-state index in [2.05, 4.69) is 29.2 Å². The van der Waals surface area contributed by atoms with Gasteiger partial charge < -0.3 is 14.7 Å². The Labute approximate surface area is 115 Å². The largest absolute Gasteiger partial charge is 0.388 e. The Hall–Kier alpha value is -1.06. The lowest BCUT2D eigenvalue weighted by Crippen LogP contribution is -2.48. The van der Waals surface area contributed by atoms with Gasteiger partial charge in [-0.3, -0.25) is 0 Å². The van der Waals surface area contributed by atoms with E-state index in [4.69, 9.17) is 4.74 Å². The number of hydrogen-bond acceptors (Lipinski definition) is 3. The molecule has 2 aliphatic rings. The van der Waals surface area contributed by atoms with Crippen LogP contribution in [0.5, 0.6) is 0 Å². The average Bonchev–Trinajstić information content (AvgIpc) is 2.95. The first-order chi connectivity index (χ1) is 9.29. The number of anilines is 1. The number of fused-ring (bicyclic) bond motifs is 1. The van der Waals surface area contributed by atoms with Crippen LogP contribution in [0.1, 0.15) is 44.3 Å². The minimum absolute atomic E-state index is 0.335. The molecule has 0 aromatic heterocycles. The van der Waals surface area contributed by atoms with Crippen LogP contribution in [0, 0.1) is 0 Å². The lowest BCUT2D eigenvalue weighted by molar-refractivity contribution is 0.0256. The van der Waals surface area contributed by atoms with Crippen molar-refractivity contribution < 1.29 is 9.84 Å². The molecule has 1 heterocycles. The zero-order chi connectivity index (χ0) is 13.2. The third kappa shape index (κ3) is 2.49. The molecule has 1 aromatic rings. The number of aliphatic hydroxyl groups excluding tert-OH is 1. The third-order valence-corrected chi connectivity index (χ3v) is 4.48. The molecule has 2 fully saturated rings. The van der Waals surface area contributed by atoms with Gasteiger partial charge in [-0.15, -0.1) is 0 Å². The first kappa shape index (κ1) is 12.9. The molecule has 0 spiro atoms. The summed E-state index contributed by atoms with van der Waals surface area (Å²) in [6.45, 7) is 3.82. The minimum atomic E-state index is -0.335. The summed E-state index contributed by atoms with van der Waals surface area (Å²) in [5, 5.41) is 9.85. The Bertz CT molecular complexity index is 417. The number of nitrogens with zero attached hydrogens (tertiary/aromatic N) is 1. The highest BCUT2D eigenvalue weighted by molar-refractivity contribution is 5.50. The maximum atomic E-state index is 9.85. The Morgan fingerprint density at radius 1 is 1.32 bits per heavy atom. The molecule has 2 unspecified atom stereocenters. The molecule has 1 saturated heterocycles. The van der Waals surface area contributed by atoms with Crippen molar-refractivity contribution in [3.05, 3.63) is 29.8 Å². The molecule has 104 valence electrons. The van der Waals surface area contributed by atoms with E-state index in [0.717, 1.165) is 25.1 Å². The summed E-state index contributed by atoms with van der Waals surface area (Å²) in [7, 11) is 0. The van der Waals surface area contributed by atoms with Crippen LogP contribution in [0.2, 0.25) is 0 Å². The van der Waals surface area contributed by atoms with Crippen LogP contribution in [-0.4, -0.2) is 30.4 Å². The van der Waals surface area contributed by atoms with Gasteiger partial charge in [0.1, 0.15) is 0 Å². The zero-order valence-electron chi connectivity index (χ0n) is 11.6. The molecule has 0 bridgehead atoms. The Morgan fingerprint density at radius 2 is 2.11 bits per heavy atom. The van der Waals surface area contributed by atoms with Gasteiger partial charge in [0, 0.05) is 12.2 Å². The van der Waals surface area contributed by atoms with Gasteiger partial charge in [-0.2, -0.15) is 0 Å². The molecule has 0 amide bonds. The molecular weight excluding hydrogens is 238 g/mol. The SMILES string of the molecule is CC[C@H](O)c1ccc(N2CCOC3CCCC32)cc1. The third-order valence-electron chi connectivity index (χ3n) is 4.48. The molecule has 3 atom stereocenters. The van der Waals surface area contributed by atoms with Gasteiger partial charge in [0.25, 0.3) is 0 Å². The molecule has 1 N–H and O–H groups in total. The second kappa shape index (κ2) is 5.51. The molecule has 1 saturated carbocycles. The molecule has 1 aromatic carbocycles. The maximum absolute atomic E-state index is 9.85. The molecular formula is C16H23NO2. The average molecular weight is 261 g/mol. The van der Waals surface area contributed by atoms with E-state index in [1.165, 1.54) is 24.9 Å². The van der Waals surface area contributed by atoms with Crippen LogP contribution in [0.25, 0.3) is 0 Å². The van der Waals surface area contributed by atoms with Gasteiger partial charge in [-0.05, 0) is 43.4 Å². The van der Waals surface area contributed by atoms with Gasteiger partial charge in [-0.1, -0.05) is 19.1 Å². The highest BCUT2D eigenvalue weighted by Gasteiger charge is 2.36. The summed E-state index contributed by atoms with van der Waals surface area (Å²) in [5.74, 6) is 0. The van der Waals surface area contributed by atoms with Gasteiger partial charge in [0.15, 0.2) is 0 Å². The minimum Gasteiger partial charge on any atom is -0.388 e. The van der Waals surface area contributed by atoms with Crippen molar-refractivity contribution in [1.82, 2.24) is 0 Å². The van der Waals surface area contributed by atoms with Crippen LogP contribution in [0.4, 0.5) is 5.69 Å². The molecule has 0 radical (unpaired) electrons. The topological polar surface area (TPSA) is 32.7 Å². The van der Waals surface area contributed by atoms with Crippen molar-refractivity contribution >= 4 is 5.69 Å². The van der Waals surface area contributed by atoms with E-state index in [0.29, 0.717) is 12.1 Å². The summed E-state index contributed by atoms with van der Waals surface area (Å²) in [5.41, 5.74) is 2.29. The predicted molar refractivity (Wildman–Crippen MR) is 76.4 cm³/mol. The lowest BCUT2D eigenvalue weighted by atomic mass is 10.0. The first-order valence-corrected chi connectivity index (χ1v) is 7.46. The normalized spacial score (nSPS) is 28.2. The number of rotatable bonds is 3. The van der Waals surface area contributed by atoms with Crippen LogP contribution in [0.3, 0.4) is 0 Å². The number of aliphatic hydroxyl groups is 1. The quantitative estimate of drug-likeness (QED) is 0.908. The van der Waals surface area contributed by atoms with Gasteiger partial charge in [-0.25, -0.2) is 0 Å². The lowest BCUT2D eigenvalue weighted by Gasteiger charge is -2.39. The van der Waals surface area contributed by atoms with E-state index in [9.17, 15) is 5.11 Å². The summed E-state index contributed by atoms with van der Waals surface area (Å²) >= 11 is 0. The van der Waals surface area contributed by atoms with Crippen molar-refractivity contribution in [3.63, 3.8) is 0 Å². The molecule has 1 aliphatic heterocycles. The Balaban J connectivity index is 1.77. The van der Waals surface area contributed by atoms with E-state index in [-0.39, 0.29) is 6.10 Å². The van der Waals surface area contributed by atoms with Gasteiger partial charge in [0.05, 0.1) is 24.9 Å². The fourth-order valence-electron chi connectivity index (χ4n) is 3.37. The van der Waals surface area contributed by atoms with Gasteiger partial charge in [0.2, 0.25) is 0 Å². The van der Waals surface area contributed by atoms with Crippen LogP contribution in [-0.2, 0) is 4.74 Å². The summed E-state index contributed by atoms with van der Waals surface area (Å²) in [4.78, 5) is 2.49. The number of benzene rings is 1. The first-order valence-electron chi connectivity index (χ1n) is 7.46. The Morgan fingerprint density at radius 3 is 2.84 bits per heavy atom. The van der Waals surface area contributed by atoms with Crippen LogP contribution in [0.15, 0.2) is 24.3 Å². The van der Waals surface area contributed by atoms with Crippen molar-refractivity contribution in [2.75, 3.05) is 18.1 Å². The monoisotopic (exact) mass is 261 g/mol. The fraction of sp³-hybridized carbons (Fsp3) is 0.625. The second-order valence-corrected chi connectivity index (χ2v) is 5.62. The van der Waals surface area contributed by atoms with Gasteiger partial charge >= 0.3 is 0 Å². The van der Waals surface area contributed by atoms with Crippen LogP contribution < -0.4 is 4.90 Å². The van der Waals surface area contributed by atoms with E-state index in [1.807, 2.05) is 6.92 Å².